The lowest BCUT2D eigenvalue weighted by Gasteiger charge is -2.36. The zero-order valence-corrected chi connectivity index (χ0v) is 15.3. The van der Waals surface area contributed by atoms with Crippen molar-refractivity contribution < 1.29 is 0 Å². The highest BCUT2D eigenvalue weighted by atomic mass is 32.1. The SMILES string of the molecule is O=c1c2cccnc2[nH]c(=S)n1CCN1CCN(c2ccccc2)CC1. The molecule has 7 heteroatoms. The van der Waals surface area contributed by atoms with Gasteiger partial charge < -0.3 is 9.88 Å². The first-order chi connectivity index (χ1) is 12.7. The van der Waals surface area contributed by atoms with Crippen LogP contribution in [0.4, 0.5) is 5.69 Å². The molecule has 0 amide bonds. The minimum Gasteiger partial charge on any atom is -0.369 e. The van der Waals surface area contributed by atoms with E-state index in [1.807, 2.05) is 6.07 Å². The van der Waals surface area contributed by atoms with Crippen molar-refractivity contribution in [1.29, 1.82) is 0 Å². The molecule has 1 aliphatic rings. The number of aromatic nitrogens is 3. The van der Waals surface area contributed by atoms with E-state index in [4.69, 9.17) is 12.2 Å². The number of H-pyrrole nitrogens is 1. The van der Waals surface area contributed by atoms with Gasteiger partial charge in [0.2, 0.25) is 0 Å². The van der Waals surface area contributed by atoms with Crippen LogP contribution in [-0.4, -0.2) is 52.2 Å². The summed E-state index contributed by atoms with van der Waals surface area (Å²) in [4.78, 5) is 24.7. The maximum Gasteiger partial charge on any atom is 0.263 e. The number of aromatic amines is 1. The Bertz CT molecular complexity index is 1010. The first kappa shape index (κ1) is 16.9. The summed E-state index contributed by atoms with van der Waals surface area (Å²) in [6, 6.07) is 14.0. The van der Waals surface area contributed by atoms with Gasteiger partial charge in [-0.3, -0.25) is 14.3 Å². The van der Waals surface area contributed by atoms with Gasteiger partial charge in [0.1, 0.15) is 5.65 Å². The molecule has 4 rings (SSSR count). The fourth-order valence-electron chi connectivity index (χ4n) is 3.40. The smallest absolute Gasteiger partial charge is 0.263 e. The van der Waals surface area contributed by atoms with Crippen LogP contribution in [0, 0.1) is 4.77 Å². The number of piperazine rings is 1. The highest BCUT2D eigenvalue weighted by molar-refractivity contribution is 7.71. The molecule has 3 aromatic rings. The van der Waals surface area contributed by atoms with Crippen molar-refractivity contribution in [2.24, 2.45) is 0 Å². The Labute approximate surface area is 156 Å². The lowest BCUT2D eigenvalue weighted by Crippen LogP contribution is -2.47. The van der Waals surface area contributed by atoms with E-state index in [9.17, 15) is 4.79 Å². The van der Waals surface area contributed by atoms with Crippen LogP contribution in [-0.2, 0) is 6.54 Å². The normalized spacial score (nSPS) is 15.5. The zero-order valence-electron chi connectivity index (χ0n) is 14.5. The quantitative estimate of drug-likeness (QED) is 0.717. The number of benzene rings is 1. The molecule has 6 nitrogen and oxygen atoms in total. The summed E-state index contributed by atoms with van der Waals surface area (Å²) < 4.78 is 2.08. The summed E-state index contributed by atoms with van der Waals surface area (Å²) in [5, 5.41) is 0.579. The van der Waals surface area contributed by atoms with Crippen molar-refractivity contribution in [3.63, 3.8) is 0 Å². The third kappa shape index (κ3) is 3.40. The second-order valence-electron chi connectivity index (χ2n) is 6.45. The van der Waals surface area contributed by atoms with Gasteiger partial charge >= 0.3 is 0 Å². The molecule has 0 bridgehead atoms. The monoisotopic (exact) mass is 367 g/mol. The van der Waals surface area contributed by atoms with E-state index in [0.29, 0.717) is 22.3 Å². The van der Waals surface area contributed by atoms with Crippen molar-refractivity contribution >= 4 is 28.9 Å². The molecule has 0 spiro atoms. The molecule has 1 N–H and O–H groups in total. The van der Waals surface area contributed by atoms with Gasteiger partial charge in [0.05, 0.1) is 5.39 Å². The van der Waals surface area contributed by atoms with Crippen molar-refractivity contribution in [2.45, 2.75) is 6.54 Å². The lowest BCUT2D eigenvalue weighted by molar-refractivity contribution is 0.246. The van der Waals surface area contributed by atoms with Crippen LogP contribution in [0.25, 0.3) is 11.0 Å². The highest BCUT2D eigenvalue weighted by Crippen LogP contribution is 2.15. The molecule has 0 aliphatic carbocycles. The lowest BCUT2D eigenvalue weighted by atomic mass is 10.2. The second-order valence-corrected chi connectivity index (χ2v) is 6.84. The number of nitrogens with one attached hydrogen (secondary N) is 1. The topological polar surface area (TPSA) is 57.2 Å². The molecule has 1 aromatic carbocycles. The number of nitrogens with zero attached hydrogens (tertiary/aromatic N) is 4. The summed E-state index contributed by atoms with van der Waals surface area (Å²) in [5.41, 5.74) is 1.75. The van der Waals surface area contributed by atoms with Crippen molar-refractivity contribution in [2.75, 3.05) is 37.6 Å². The first-order valence-electron chi connectivity index (χ1n) is 8.82. The third-order valence-electron chi connectivity index (χ3n) is 4.89. The molecule has 26 heavy (non-hydrogen) atoms. The first-order valence-corrected chi connectivity index (χ1v) is 9.23. The highest BCUT2D eigenvalue weighted by Gasteiger charge is 2.17. The molecule has 1 saturated heterocycles. The van der Waals surface area contributed by atoms with Gasteiger partial charge in [-0.05, 0) is 36.5 Å². The molecule has 3 heterocycles. The fourth-order valence-corrected chi connectivity index (χ4v) is 3.67. The molecular formula is C19H21N5OS. The van der Waals surface area contributed by atoms with Gasteiger partial charge in [0, 0.05) is 51.2 Å². The number of para-hydroxylation sites is 1. The van der Waals surface area contributed by atoms with Crippen LogP contribution in [0.5, 0.6) is 0 Å². The van der Waals surface area contributed by atoms with E-state index in [0.717, 1.165) is 32.7 Å². The second kappa shape index (κ2) is 7.39. The third-order valence-corrected chi connectivity index (χ3v) is 5.21. The zero-order chi connectivity index (χ0) is 17.9. The molecule has 0 radical (unpaired) electrons. The van der Waals surface area contributed by atoms with Crippen LogP contribution < -0.4 is 10.5 Å². The van der Waals surface area contributed by atoms with E-state index in [1.165, 1.54) is 5.69 Å². The molecule has 1 aliphatic heterocycles. The average molecular weight is 367 g/mol. The van der Waals surface area contributed by atoms with Crippen molar-refractivity contribution in [3.05, 3.63) is 63.8 Å². The van der Waals surface area contributed by atoms with Gasteiger partial charge in [-0.15, -0.1) is 0 Å². The molecule has 0 saturated carbocycles. The Morgan fingerprint density at radius 3 is 2.54 bits per heavy atom. The van der Waals surface area contributed by atoms with Gasteiger partial charge in [0.25, 0.3) is 5.56 Å². The predicted molar refractivity (Wildman–Crippen MR) is 106 cm³/mol. The molecule has 0 atom stereocenters. The minimum absolute atomic E-state index is 0.0697. The van der Waals surface area contributed by atoms with E-state index >= 15 is 0 Å². The Balaban J connectivity index is 1.42. The largest absolute Gasteiger partial charge is 0.369 e. The van der Waals surface area contributed by atoms with Crippen molar-refractivity contribution in [3.8, 4) is 0 Å². The predicted octanol–water partition coefficient (Wildman–Crippen LogP) is 2.28. The molecule has 1 fully saturated rings. The maximum atomic E-state index is 12.7. The van der Waals surface area contributed by atoms with E-state index in [2.05, 4.69) is 44.0 Å². The summed E-state index contributed by atoms with van der Waals surface area (Å²) in [6.45, 7) is 5.35. The maximum absolute atomic E-state index is 12.7. The Kier molecular flexibility index (Phi) is 4.81. The Morgan fingerprint density at radius 1 is 1.00 bits per heavy atom. The average Bonchev–Trinajstić information content (AvgIpc) is 2.69. The molecule has 134 valence electrons. The number of hydrogen-bond acceptors (Lipinski definition) is 5. The van der Waals surface area contributed by atoms with Gasteiger partial charge in [-0.1, -0.05) is 18.2 Å². The standard InChI is InChI=1S/C19H21N5OS/c25-18-16-7-4-8-20-17(16)21-19(26)24(18)14-11-22-9-12-23(13-10-22)15-5-2-1-3-6-15/h1-8H,9-14H2,(H,20,21,26). The summed E-state index contributed by atoms with van der Waals surface area (Å²) in [5.74, 6) is 0. The number of pyridine rings is 1. The van der Waals surface area contributed by atoms with E-state index in [-0.39, 0.29) is 5.56 Å². The van der Waals surface area contributed by atoms with Crippen molar-refractivity contribution in [1.82, 2.24) is 19.4 Å². The Morgan fingerprint density at radius 2 is 1.77 bits per heavy atom. The number of anilines is 1. The summed E-state index contributed by atoms with van der Waals surface area (Å²) >= 11 is 5.36. The van der Waals surface area contributed by atoms with Gasteiger partial charge in [0.15, 0.2) is 4.77 Å². The minimum atomic E-state index is -0.0697. The van der Waals surface area contributed by atoms with Gasteiger partial charge in [-0.25, -0.2) is 4.98 Å². The van der Waals surface area contributed by atoms with E-state index in [1.54, 1.807) is 22.9 Å². The number of fused-ring (bicyclic) bond motifs is 1. The fraction of sp³-hybridized carbons (Fsp3) is 0.316. The van der Waals surface area contributed by atoms with Crippen LogP contribution in [0.2, 0.25) is 0 Å². The number of hydrogen-bond donors (Lipinski definition) is 1. The van der Waals surface area contributed by atoms with Crippen LogP contribution >= 0.6 is 12.2 Å². The van der Waals surface area contributed by atoms with Gasteiger partial charge in [-0.2, -0.15) is 0 Å². The Hall–Kier alpha value is -2.51. The molecular weight excluding hydrogens is 346 g/mol. The summed E-state index contributed by atoms with van der Waals surface area (Å²) in [6.07, 6.45) is 1.66. The van der Waals surface area contributed by atoms with Crippen LogP contribution in [0.3, 0.4) is 0 Å². The van der Waals surface area contributed by atoms with E-state index < -0.39 is 0 Å². The molecule has 2 aromatic heterocycles. The van der Waals surface area contributed by atoms with Crippen LogP contribution in [0.1, 0.15) is 0 Å². The molecule has 0 unspecified atom stereocenters. The van der Waals surface area contributed by atoms with Crippen LogP contribution in [0.15, 0.2) is 53.5 Å². The number of rotatable bonds is 4. The summed E-state index contributed by atoms with van der Waals surface area (Å²) in [7, 11) is 0.